The molecule has 0 aromatic heterocycles. The Hall–Kier alpha value is -1.35. The molecule has 1 aromatic rings. The van der Waals surface area contributed by atoms with Gasteiger partial charge < -0.3 is 9.53 Å². The van der Waals surface area contributed by atoms with Crippen molar-refractivity contribution in [2.45, 2.75) is 38.9 Å². The molecule has 0 fully saturated rings. The van der Waals surface area contributed by atoms with Crippen molar-refractivity contribution in [2.24, 2.45) is 5.14 Å². The SMILES string of the molecule is CC(C)(C)SN.CCOC.N#Cc1cccc(CC=O)c1. The first kappa shape index (κ1) is 21.9. The van der Waals surface area contributed by atoms with Gasteiger partial charge in [-0.25, -0.2) is 0 Å². The highest BCUT2D eigenvalue weighted by molar-refractivity contribution is 7.98. The molecule has 0 atom stereocenters. The number of nitriles is 1. The average Bonchev–Trinajstić information content (AvgIpc) is 2.48. The number of nitrogens with two attached hydrogens (primary N) is 1. The smallest absolute Gasteiger partial charge is 0.124 e. The zero-order valence-corrected chi connectivity index (χ0v) is 14.4. The van der Waals surface area contributed by atoms with Crippen LogP contribution in [0.25, 0.3) is 0 Å². The number of carbonyl (C=O) groups is 1. The number of hydrogen-bond donors (Lipinski definition) is 1. The van der Waals surface area contributed by atoms with E-state index in [0.29, 0.717) is 12.0 Å². The van der Waals surface area contributed by atoms with Crippen molar-refractivity contribution in [3.8, 4) is 6.07 Å². The molecule has 21 heavy (non-hydrogen) atoms. The second-order valence-corrected chi connectivity index (χ2v) is 6.45. The molecule has 2 N–H and O–H groups in total. The van der Waals surface area contributed by atoms with Crippen molar-refractivity contribution in [3.63, 3.8) is 0 Å². The van der Waals surface area contributed by atoms with Gasteiger partial charge in [-0.05, 0) is 45.4 Å². The number of benzene rings is 1. The van der Waals surface area contributed by atoms with Gasteiger partial charge in [0.15, 0.2) is 0 Å². The Labute approximate surface area is 132 Å². The minimum Gasteiger partial charge on any atom is -0.385 e. The predicted molar refractivity (Wildman–Crippen MR) is 90.0 cm³/mol. The third-order valence-electron chi connectivity index (χ3n) is 2.02. The number of hydrogen-bond acceptors (Lipinski definition) is 5. The summed E-state index contributed by atoms with van der Waals surface area (Å²) in [5.41, 5.74) is 1.49. The van der Waals surface area contributed by atoms with Gasteiger partial charge in [0, 0.05) is 24.9 Å². The van der Waals surface area contributed by atoms with E-state index in [1.54, 1.807) is 25.3 Å². The van der Waals surface area contributed by atoms with Crippen LogP contribution in [0.5, 0.6) is 0 Å². The van der Waals surface area contributed by atoms with Gasteiger partial charge in [0.05, 0.1) is 11.6 Å². The topological polar surface area (TPSA) is 76.1 Å². The van der Waals surface area contributed by atoms with E-state index in [1.165, 1.54) is 11.9 Å². The second-order valence-electron chi connectivity index (χ2n) is 4.99. The van der Waals surface area contributed by atoms with Crippen molar-refractivity contribution in [1.82, 2.24) is 0 Å². The van der Waals surface area contributed by atoms with Crippen LogP contribution in [0.15, 0.2) is 24.3 Å². The Morgan fingerprint density at radius 1 is 1.43 bits per heavy atom. The van der Waals surface area contributed by atoms with Gasteiger partial charge in [-0.15, -0.1) is 0 Å². The Balaban J connectivity index is 0. The van der Waals surface area contributed by atoms with Gasteiger partial charge in [0.2, 0.25) is 0 Å². The largest absolute Gasteiger partial charge is 0.385 e. The molecule has 0 saturated carbocycles. The van der Waals surface area contributed by atoms with Crippen molar-refractivity contribution in [1.29, 1.82) is 5.26 Å². The fraction of sp³-hybridized carbons (Fsp3) is 0.500. The van der Waals surface area contributed by atoms with Crippen LogP contribution in [0.4, 0.5) is 0 Å². The number of nitrogens with zero attached hydrogens (tertiary/aromatic N) is 1. The molecule has 0 spiro atoms. The van der Waals surface area contributed by atoms with Crippen LogP contribution in [0, 0.1) is 11.3 Å². The molecular formula is C16H26N2O2S. The maximum absolute atomic E-state index is 10.1. The Morgan fingerprint density at radius 3 is 2.29 bits per heavy atom. The van der Waals surface area contributed by atoms with Crippen LogP contribution in [0.2, 0.25) is 0 Å². The summed E-state index contributed by atoms with van der Waals surface area (Å²) < 4.78 is 4.78. The first-order valence-electron chi connectivity index (χ1n) is 6.64. The van der Waals surface area contributed by atoms with Crippen LogP contribution >= 0.6 is 11.9 Å². The highest BCUT2D eigenvalue weighted by Gasteiger charge is 2.05. The van der Waals surface area contributed by atoms with Gasteiger partial charge in [-0.1, -0.05) is 24.1 Å². The average molecular weight is 310 g/mol. The van der Waals surface area contributed by atoms with Crippen molar-refractivity contribution in [3.05, 3.63) is 35.4 Å². The highest BCUT2D eigenvalue weighted by atomic mass is 32.2. The fourth-order valence-electron chi connectivity index (χ4n) is 0.864. The Morgan fingerprint density at radius 2 is 1.95 bits per heavy atom. The van der Waals surface area contributed by atoms with Crippen LogP contribution in [-0.4, -0.2) is 24.7 Å². The second kappa shape index (κ2) is 13.6. The molecule has 0 aliphatic heterocycles. The summed E-state index contributed by atoms with van der Waals surface area (Å²) in [6.45, 7) is 9.02. The van der Waals surface area contributed by atoms with Crippen molar-refractivity contribution in [2.75, 3.05) is 13.7 Å². The first-order chi connectivity index (χ1) is 9.84. The van der Waals surface area contributed by atoms with Gasteiger partial charge in [-0.2, -0.15) is 5.26 Å². The van der Waals surface area contributed by atoms with Crippen LogP contribution in [0.3, 0.4) is 0 Å². The zero-order chi connectivity index (χ0) is 16.7. The van der Waals surface area contributed by atoms with E-state index < -0.39 is 0 Å². The van der Waals surface area contributed by atoms with E-state index in [-0.39, 0.29) is 4.75 Å². The summed E-state index contributed by atoms with van der Waals surface area (Å²) in [6, 6.07) is 9.05. The summed E-state index contributed by atoms with van der Waals surface area (Å²) in [5.74, 6) is 0. The van der Waals surface area contributed by atoms with E-state index in [0.717, 1.165) is 18.5 Å². The lowest BCUT2D eigenvalue weighted by molar-refractivity contribution is -0.107. The van der Waals surface area contributed by atoms with Crippen LogP contribution < -0.4 is 5.14 Å². The molecule has 118 valence electrons. The molecule has 1 aromatic carbocycles. The Bertz CT molecular complexity index is 421. The molecule has 0 radical (unpaired) electrons. The summed E-state index contributed by atoms with van der Waals surface area (Å²) in [7, 11) is 1.68. The standard InChI is InChI=1S/C9H7NO.C4H11NS.C3H8O/c10-7-9-3-1-2-8(6-9)4-5-11;1-4(2,3)6-5;1-3-4-2/h1-3,5-6H,4H2;5H2,1-3H3;3H2,1-2H3. The van der Waals surface area contributed by atoms with Gasteiger partial charge in [0.1, 0.15) is 6.29 Å². The number of rotatable bonds is 3. The molecule has 0 heterocycles. The molecule has 4 nitrogen and oxygen atoms in total. The third kappa shape index (κ3) is 16.6. The molecule has 0 unspecified atom stereocenters. The normalized spacial score (nSPS) is 9.38. The lowest BCUT2D eigenvalue weighted by Gasteiger charge is -2.11. The highest BCUT2D eigenvalue weighted by Crippen LogP contribution is 2.15. The first-order valence-corrected chi connectivity index (χ1v) is 7.52. The predicted octanol–water partition coefficient (Wildman–Crippen LogP) is 3.34. The van der Waals surface area contributed by atoms with Crippen molar-refractivity contribution >= 4 is 18.2 Å². The van der Waals surface area contributed by atoms with E-state index in [9.17, 15) is 4.79 Å². The number of aldehydes is 1. The minimum atomic E-state index is 0.236. The summed E-state index contributed by atoms with van der Waals surface area (Å²) in [4.78, 5) is 10.1. The lowest BCUT2D eigenvalue weighted by Crippen LogP contribution is -2.09. The minimum absolute atomic E-state index is 0.236. The number of carbonyl (C=O) groups excluding carboxylic acids is 1. The van der Waals surface area contributed by atoms with Crippen LogP contribution in [-0.2, 0) is 16.0 Å². The molecule has 1 rings (SSSR count). The zero-order valence-electron chi connectivity index (χ0n) is 13.6. The molecule has 0 amide bonds. The van der Waals surface area contributed by atoms with E-state index in [1.807, 2.05) is 19.1 Å². The molecule has 0 aliphatic rings. The molecule has 5 heteroatoms. The number of ether oxygens (including phenoxy) is 1. The molecule has 0 bridgehead atoms. The summed E-state index contributed by atoms with van der Waals surface area (Å²) >= 11 is 1.38. The summed E-state index contributed by atoms with van der Waals surface area (Å²) in [5, 5.41) is 13.7. The van der Waals surface area contributed by atoms with E-state index >= 15 is 0 Å². The van der Waals surface area contributed by atoms with Gasteiger partial charge in [0.25, 0.3) is 0 Å². The molecular weight excluding hydrogens is 284 g/mol. The van der Waals surface area contributed by atoms with Gasteiger partial charge in [-0.3, -0.25) is 5.14 Å². The quantitative estimate of drug-likeness (QED) is 0.684. The number of methoxy groups -OCH3 is 1. The van der Waals surface area contributed by atoms with Gasteiger partial charge >= 0.3 is 0 Å². The maximum atomic E-state index is 10.1. The third-order valence-corrected chi connectivity index (χ3v) is 2.72. The summed E-state index contributed by atoms with van der Waals surface area (Å²) in [6.07, 6.45) is 1.21. The fourth-order valence-corrected chi connectivity index (χ4v) is 0.864. The Kier molecular flexibility index (Phi) is 14.2. The van der Waals surface area contributed by atoms with E-state index in [2.05, 4.69) is 25.5 Å². The lowest BCUT2D eigenvalue weighted by atomic mass is 10.1. The maximum Gasteiger partial charge on any atom is 0.124 e. The monoisotopic (exact) mass is 310 g/mol. The van der Waals surface area contributed by atoms with E-state index in [4.69, 9.17) is 10.4 Å². The van der Waals surface area contributed by atoms with Crippen LogP contribution in [0.1, 0.15) is 38.8 Å². The molecule has 0 saturated heterocycles. The van der Waals surface area contributed by atoms with Crippen molar-refractivity contribution < 1.29 is 9.53 Å². The molecule has 0 aliphatic carbocycles.